The molecule has 0 saturated carbocycles. The summed E-state index contributed by atoms with van der Waals surface area (Å²) in [7, 11) is 0. The van der Waals surface area contributed by atoms with Crippen molar-refractivity contribution >= 4 is 11.4 Å². The number of aliphatic hydroxyl groups is 1. The van der Waals surface area contributed by atoms with Crippen LogP contribution in [0.2, 0.25) is 0 Å². The molecule has 4 N–H and O–H groups in total. The van der Waals surface area contributed by atoms with Gasteiger partial charge in [0.05, 0.1) is 22.5 Å². The number of nitrogen functional groups attached to an aromatic ring is 1. The van der Waals surface area contributed by atoms with Crippen LogP contribution in [0.1, 0.15) is 32.8 Å². The van der Waals surface area contributed by atoms with E-state index in [4.69, 9.17) is 5.73 Å². The van der Waals surface area contributed by atoms with Crippen molar-refractivity contribution in [1.82, 2.24) is 0 Å². The molecule has 114 valence electrons. The largest absolute Gasteiger partial charge is 0.416 e. The molecule has 1 aromatic carbocycles. The van der Waals surface area contributed by atoms with Crippen LogP contribution in [0.3, 0.4) is 0 Å². The number of halogens is 3. The highest BCUT2D eigenvalue weighted by molar-refractivity contribution is 5.67. The van der Waals surface area contributed by atoms with Crippen molar-refractivity contribution < 1.29 is 18.3 Å². The van der Waals surface area contributed by atoms with Gasteiger partial charge in [0.1, 0.15) is 0 Å². The average Bonchev–Trinajstić information content (AvgIpc) is 2.24. The fraction of sp³-hybridized carbons (Fsp3) is 0.571. The molecule has 0 amide bonds. The second-order valence-electron chi connectivity index (χ2n) is 5.75. The molecule has 1 aromatic rings. The van der Waals surface area contributed by atoms with Crippen molar-refractivity contribution in [3.63, 3.8) is 0 Å². The molecular weight excluding hydrogens is 269 g/mol. The van der Waals surface area contributed by atoms with Gasteiger partial charge in [-0.05, 0) is 37.5 Å². The predicted octanol–water partition coefficient (Wildman–Crippen LogP) is 3.50. The van der Waals surface area contributed by atoms with Gasteiger partial charge in [-0.25, -0.2) is 0 Å². The first-order valence-electron chi connectivity index (χ1n) is 6.44. The number of hydrogen-bond acceptors (Lipinski definition) is 3. The molecule has 0 radical (unpaired) electrons. The molecule has 0 aliphatic carbocycles. The van der Waals surface area contributed by atoms with Gasteiger partial charge < -0.3 is 16.2 Å². The van der Waals surface area contributed by atoms with E-state index in [9.17, 15) is 18.3 Å². The molecule has 0 saturated heterocycles. The molecule has 1 atom stereocenters. The van der Waals surface area contributed by atoms with Gasteiger partial charge >= 0.3 is 6.18 Å². The highest BCUT2D eigenvalue weighted by Gasteiger charge is 2.31. The molecule has 1 rings (SSSR count). The summed E-state index contributed by atoms with van der Waals surface area (Å²) in [5.41, 5.74) is 4.29. The quantitative estimate of drug-likeness (QED) is 0.727. The first-order chi connectivity index (χ1) is 9.01. The van der Waals surface area contributed by atoms with E-state index in [1.54, 1.807) is 6.92 Å². The summed E-state index contributed by atoms with van der Waals surface area (Å²) in [5.74, 6) is 0.316. The minimum absolute atomic E-state index is 0.0140. The van der Waals surface area contributed by atoms with Crippen LogP contribution in [0.5, 0.6) is 0 Å². The summed E-state index contributed by atoms with van der Waals surface area (Å²) in [4.78, 5) is 0. The number of benzene rings is 1. The Morgan fingerprint density at radius 3 is 2.35 bits per heavy atom. The molecule has 0 spiro atoms. The highest BCUT2D eigenvalue weighted by Crippen LogP contribution is 2.33. The van der Waals surface area contributed by atoms with Crippen LogP contribution in [0.4, 0.5) is 24.5 Å². The molecule has 0 aromatic heterocycles. The minimum atomic E-state index is -4.41. The Morgan fingerprint density at radius 2 is 1.90 bits per heavy atom. The zero-order valence-electron chi connectivity index (χ0n) is 11.9. The first-order valence-corrected chi connectivity index (χ1v) is 6.44. The Labute approximate surface area is 117 Å². The lowest BCUT2D eigenvalue weighted by atomic mass is 9.94. The number of rotatable bonds is 5. The maximum atomic E-state index is 12.5. The second-order valence-corrected chi connectivity index (χ2v) is 5.75. The summed E-state index contributed by atoms with van der Waals surface area (Å²) in [6.07, 6.45) is -3.82. The zero-order valence-corrected chi connectivity index (χ0v) is 11.9. The van der Waals surface area contributed by atoms with Crippen LogP contribution in [0, 0.1) is 5.92 Å². The third-order valence-corrected chi connectivity index (χ3v) is 2.89. The van der Waals surface area contributed by atoms with Crippen LogP contribution in [0.25, 0.3) is 0 Å². The number of nitrogens with two attached hydrogens (primary N) is 1. The molecule has 0 aliphatic rings. The maximum absolute atomic E-state index is 12.5. The topological polar surface area (TPSA) is 58.3 Å². The summed E-state index contributed by atoms with van der Waals surface area (Å²) >= 11 is 0. The van der Waals surface area contributed by atoms with Crippen LogP contribution in [-0.4, -0.2) is 17.3 Å². The smallest absolute Gasteiger partial charge is 0.397 e. The Hall–Kier alpha value is -1.43. The van der Waals surface area contributed by atoms with E-state index in [2.05, 4.69) is 5.32 Å². The summed E-state index contributed by atoms with van der Waals surface area (Å²) in [5, 5.41) is 13.0. The predicted molar refractivity (Wildman–Crippen MR) is 74.4 cm³/mol. The molecular formula is C14H21F3N2O. The lowest BCUT2D eigenvalue weighted by molar-refractivity contribution is -0.137. The Balaban J connectivity index is 2.75. The normalized spacial score (nSPS) is 15.2. The number of alkyl halides is 3. The van der Waals surface area contributed by atoms with Crippen molar-refractivity contribution in [3.05, 3.63) is 23.8 Å². The fourth-order valence-corrected chi connectivity index (χ4v) is 2.14. The van der Waals surface area contributed by atoms with E-state index in [1.165, 1.54) is 6.07 Å². The number of hydrogen-bond donors (Lipinski definition) is 3. The van der Waals surface area contributed by atoms with Gasteiger partial charge in [0.2, 0.25) is 0 Å². The molecule has 0 fully saturated rings. The van der Waals surface area contributed by atoms with E-state index in [1.807, 2.05) is 13.8 Å². The van der Waals surface area contributed by atoms with E-state index in [0.717, 1.165) is 12.1 Å². The van der Waals surface area contributed by atoms with E-state index in [0.29, 0.717) is 18.0 Å². The number of anilines is 2. The first kappa shape index (κ1) is 16.6. The Bertz CT molecular complexity index is 456. The molecule has 0 bridgehead atoms. The van der Waals surface area contributed by atoms with Crippen molar-refractivity contribution in [3.8, 4) is 0 Å². The van der Waals surface area contributed by atoms with Gasteiger partial charge in [-0.2, -0.15) is 13.2 Å². The molecule has 20 heavy (non-hydrogen) atoms. The third kappa shape index (κ3) is 4.92. The summed E-state index contributed by atoms with van der Waals surface area (Å²) < 4.78 is 37.5. The van der Waals surface area contributed by atoms with Crippen LogP contribution < -0.4 is 11.1 Å². The average molecular weight is 290 g/mol. The standard InChI is InChI=1S/C14H21F3N2O/c1-9(2)7-13(3,20)8-19-12-5-4-10(6-11(12)18)14(15,16)17/h4-6,9,19-20H,7-8,18H2,1-3H3. The molecule has 3 nitrogen and oxygen atoms in total. The zero-order chi connectivity index (χ0) is 15.6. The molecule has 0 heterocycles. The van der Waals surface area contributed by atoms with Gasteiger partial charge in [-0.1, -0.05) is 13.8 Å². The number of nitrogens with one attached hydrogen (secondary N) is 1. The van der Waals surface area contributed by atoms with Gasteiger partial charge in [-0.15, -0.1) is 0 Å². The van der Waals surface area contributed by atoms with E-state index in [-0.39, 0.29) is 12.2 Å². The summed E-state index contributed by atoms with van der Waals surface area (Å²) in [6.45, 7) is 5.88. The fourth-order valence-electron chi connectivity index (χ4n) is 2.14. The van der Waals surface area contributed by atoms with Gasteiger partial charge in [0.25, 0.3) is 0 Å². The third-order valence-electron chi connectivity index (χ3n) is 2.89. The Kier molecular flexibility index (Phi) is 4.91. The highest BCUT2D eigenvalue weighted by atomic mass is 19.4. The van der Waals surface area contributed by atoms with E-state index < -0.39 is 17.3 Å². The molecule has 0 aliphatic heterocycles. The molecule has 1 unspecified atom stereocenters. The van der Waals surface area contributed by atoms with Gasteiger partial charge in [-0.3, -0.25) is 0 Å². The van der Waals surface area contributed by atoms with Crippen LogP contribution in [0.15, 0.2) is 18.2 Å². The minimum Gasteiger partial charge on any atom is -0.397 e. The Morgan fingerprint density at radius 1 is 1.30 bits per heavy atom. The SMILES string of the molecule is CC(C)CC(C)(O)CNc1ccc(C(F)(F)F)cc1N. The lowest BCUT2D eigenvalue weighted by Crippen LogP contribution is -2.35. The van der Waals surface area contributed by atoms with E-state index >= 15 is 0 Å². The van der Waals surface area contributed by atoms with Gasteiger partial charge in [0, 0.05) is 6.54 Å². The molecule has 6 heteroatoms. The lowest BCUT2D eigenvalue weighted by Gasteiger charge is -2.26. The van der Waals surface area contributed by atoms with Crippen molar-refractivity contribution in [2.45, 2.75) is 39.0 Å². The summed E-state index contributed by atoms with van der Waals surface area (Å²) in [6, 6.07) is 3.14. The maximum Gasteiger partial charge on any atom is 0.416 e. The van der Waals surface area contributed by atoms with Crippen LogP contribution in [-0.2, 0) is 6.18 Å². The van der Waals surface area contributed by atoms with Crippen LogP contribution >= 0.6 is 0 Å². The van der Waals surface area contributed by atoms with Gasteiger partial charge in [0.15, 0.2) is 0 Å². The van der Waals surface area contributed by atoms with Crippen molar-refractivity contribution in [1.29, 1.82) is 0 Å². The second kappa shape index (κ2) is 5.91. The van der Waals surface area contributed by atoms with Crippen molar-refractivity contribution in [2.75, 3.05) is 17.6 Å². The monoisotopic (exact) mass is 290 g/mol. The van der Waals surface area contributed by atoms with Crippen molar-refractivity contribution in [2.24, 2.45) is 5.92 Å².